The molecule has 31 heavy (non-hydrogen) atoms. The first-order valence-corrected chi connectivity index (χ1v) is 12.3. The van der Waals surface area contributed by atoms with Gasteiger partial charge in [-0.2, -0.15) is 0 Å². The molecule has 0 aromatic heterocycles. The van der Waals surface area contributed by atoms with Gasteiger partial charge in [-0.1, -0.05) is 67.6 Å². The van der Waals surface area contributed by atoms with Crippen LogP contribution >= 0.6 is 0 Å². The molecule has 1 saturated carbocycles. The number of benzene rings is 2. The molecule has 1 aliphatic carbocycles. The van der Waals surface area contributed by atoms with Crippen molar-refractivity contribution in [2.24, 2.45) is 11.8 Å². The Morgan fingerprint density at radius 1 is 0.903 bits per heavy atom. The van der Waals surface area contributed by atoms with E-state index in [0.717, 1.165) is 31.3 Å². The van der Waals surface area contributed by atoms with Gasteiger partial charge in [0.1, 0.15) is 0 Å². The summed E-state index contributed by atoms with van der Waals surface area (Å²) in [4.78, 5) is 0. The molecule has 0 amide bonds. The van der Waals surface area contributed by atoms with Crippen molar-refractivity contribution in [3.05, 3.63) is 71.8 Å². The number of ether oxygens (including phenoxy) is 1. The summed E-state index contributed by atoms with van der Waals surface area (Å²) >= 11 is 0. The van der Waals surface area contributed by atoms with Gasteiger partial charge < -0.3 is 4.74 Å². The summed E-state index contributed by atoms with van der Waals surface area (Å²) in [5.41, 5.74) is 5.23. The van der Waals surface area contributed by atoms with Crippen LogP contribution in [-0.2, 0) is 17.8 Å². The summed E-state index contributed by atoms with van der Waals surface area (Å²) in [5, 5.41) is 0. The first-order valence-electron chi connectivity index (χ1n) is 12.3. The average molecular weight is 423 g/mol. The van der Waals surface area contributed by atoms with Crippen LogP contribution in [0.2, 0.25) is 0 Å². The van der Waals surface area contributed by atoms with Crippen LogP contribution in [0.3, 0.4) is 0 Å². The zero-order valence-electron chi connectivity index (χ0n) is 19.2. The van der Waals surface area contributed by atoms with E-state index in [1.54, 1.807) is 0 Å². The van der Waals surface area contributed by atoms with Gasteiger partial charge in [-0.3, -0.25) is 4.39 Å². The number of rotatable bonds is 12. The second kappa shape index (κ2) is 13.5. The van der Waals surface area contributed by atoms with Crippen LogP contribution in [0, 0.1) is 11.8 Å². The van der Waals surface area contributed by atoms with Gasteiger partial charge in [0.25, 0.3) is 0 Å². The molecule has 1 fully saturated rings. The van der Waals surface area contributed by atoms with Crippen LogP contribution in [-0.4, -0.2) is 13.3 Å². The third kappa shape index (κ3) is 8.26. The van der Waals surface area contributed by atoms with E-state index in [1.807, 2.05) is 0 Å². The van der Waals surface area contributed by atoms with Crippen molar-refractivity contribution < 1.29 is 9.13 Å². The highest BCUT2D eigenvalue weighted by Gasteiger charge is 2.19. The van der Waals surface area contributed by atoms with E-state index in [2.05, 4.69) is 67.6 Å². The van der Waals surface area contributed by atoms with Crippen molar-refractivity contribution in [2.45, 2.75) is 71.3 Å². The summed E-state index contributed by atoms with van der Waals surface area (Å²) < 4.78 is 17.8. The van der Waals surface area contributed by atoms with Crippen LogP contribution in [0.25, 0.3) is 11.1 Å². The van der Waals surface area contributed by atoms with Crippen LogP contribution in [0.15, 0.2) is 60.7 Å². The van der Waals surface area contributed by atoms with Crippen molar-refractivity contribution in [1.82, 2.24) is 0 Å². The highest BCUT2D eigenvalue weighted by molar-refractivity contribution is 5.63. The van der Waals surface area contributed by atoms with Gasteiger partial charge in [-0.15, -0.1) is 0 Å². The molecule has 0 bridgehead atoms. The molecule has 0 saturated heterocycles. The minimum Gasteiger partial charge on any atom is -0.377 e. The molecule has 1 aliphatic rings. The fraction of sp³-hybridized carbons (Fsp3) is 0.517. The molecule has 0 spiro atoms. The maximum Gasteiger partial charge on any atom is 0.0897 e. The molecule has 0 unspecified atom stereocenters. The second-order valence-corrected chi connectivity index (χ2v) is 9.03. The van der Waals surface area contributed by atoms with Crippen LogP contribution < -0.4 is 0 Å². The maximum atomic E-state index is 12.2. The Balaban J connectivity index is 1.40. The Bertz CT molecular complexity index is 754. The highest BCUT2D eigenvalue weighted by Crippen LogP contribution is 2.32. The van der Waals surface area contributed by atoms with E-state index in [4.69, 9.17) is 4.74 Å². The number of allylic oxidation sites excluding steroid dienone is 2. The Kier molecular flexibility index (Phi) is 10.3. The normalized spacial score (nSPS) is 19.2. The molecule has 3 rings (SSSR count). The number of hydrogen-bond donors (Lipinski definition) is 0. The monoisotopic (exact) mass is 422 g/mol. The average Bonchev–Trinajstić information content (AvgIpc) is 2.82. The number of hydrogen-bond acceptors (Lipinski definition) is 1. The van der Waals surface area contributed by atoms with E-state index in [-0.39, 0.29) is 6.67 Å². The topological polar surface area (TPSA) is 9.23 Å². The molecule has 0 N–H and O–H groups in total. The van der Waals surface area contributed by atoms with Crippen LogP contribution in [0.4, 0.5) is 4.39 Å². The first-order chi connectivity index (χ1) is 15.3. The van der Waals surface area contributed by atoms with Gasteiger partial charge in [0.05, 0.1) is 13.3 Å². The summed E-state index contributed by atoms with van der Waals surface area (Å²) in [6, 6.07) is 17.9. The van der Waals surface area contributed by atoms with Crippen molar-refractivity contribution >= 4 is 0 Å². The summed E-state index contributed by atoms with van der Waals surface area (Å²) in [7, 11) is 0. The second-order valence-electron chi connectivity index (χ2n) is 9.03. The van der Waals surface area contributed by atoms with Gasteiger partial charge in [0, 0.05) is 6.61 Å². The molecule has 1 nitrogen and oxygen atoms in total. The zero-order chi connectivity index (χ0) is 21.7. The lowest BCUT2D eigenvalue weighted by Gasteiger charge is -2.26. The van der Waals surface area contributed by atoms with Gasteiger partial charge in [0.2, 0.25) is 0 Å². The fourth-order valence-corrected chi connectivity index (χ4v) is 4.52. The predicted octanol–water partition coefficient (Wildman–Crippen LogP) is 8.33. The van der Waals surface area contributed by atoms with Crippen molar-refractivity contribution in [3.8, 4) is 11.1 Å². The summed E-state index contributed by atoms with van der Waals surface area (Å²) in [6.45, 7) is 3.46. The minimum absolute atomic E-state index is 0.196. The molecule has 2 aromatic rings. The third-order valence-corrected chi connectivity index (χ3v) is 6.50. The Labute approximate surface area is 188 Å². The Hall–Kier alpha value is -1.93. The summed E-state index contributed by atoms with van der Waals surface area (Å²) in [5.74, 6) is 1.58. The van der Waals surface area contributed by atoms with E-state index in [0.29, 0.717) is 13.0 Å². The smallest absolute Gasteiger partial charge is 0.0897 e. The lowest BCUT2D eigenvalue weighted by atomic mass is 9.79. The fourth-order valence-electron chi connectivity index (χ4n) is 4.52. The number of halogens is 1. The molecule has 0 aliphatic heterocycles. The number of aryl methyl sites for hydroxylation is 1. The Morgan fingerprint density at radius 2 is 1.55 bits per heavy atom. The molecule has 0 radical (unpaired) electrons. The largest absolute Gasteiger partial charge is 0.377 e. The number of unbranched alkanes of at least 4 members (excludes halogenated alkanes) is 1. The molecule has 168 valence electrons. The van der Waals surface area contributed by atoms with Crippen LogP contribution in [0.5, 0.6) is 0 Å². The van der Waals surface area contributed by atoms with Crippen LogP contribution in [0.1, 0.15) is 69.4 Å². The van der Waals surface area contributed by atoms with E-state index < -0.39 is 0 Å². The lowest BCUT2D eigenvalue weighted by molar-refractivity contribution is 0.121. The molecular formula is C29H39FO. The van der Waals surface area contributed by atoms with E-state index in [9.17, 15) is 4.39 Å². The van der Waals surface area contributed by atoms with E-state index >= 15 is 0 Å². The van der Waals surface area contributed by atoms with Gasteiger partial charge >= 0.3 is 0 Å². The van der Waals surface area contributed by atoms with Gasteiger partial charge in [0.15, 0.2) is 0 Å². The predicted molar refractivity (Wildman–Crippen MR) is 130 cm³/mol. The molecule has 0 atom stereocenters. The first kappa shape index (κ1) is 23.7. The SMILES string of the molecule is CCCOCc1ccc(-c2ccc(CCC3CCC(C=CCCCF)CC3)cc2)cc1. The minimum atomic E-state index is -0.196. The third-order valence-electron chi connectivity index (χ3n) is 6.50. The van der Waals surface area contributed by atoms with Gasteiger partial charge in [-0.25, -0.2) is 0 Å². The summed E-state index contributed by atoms with van der Waals surface area (Å²) in [6.07, 6.45) is 14.9. The maximum absolute atomic E-state index is 12.2. The lowest BCUT2D eigenvalue weighted by Crippen LogP contribution is -2.13. The van der Waals surface area contributed by atoms with Gasteiger partial charge in [-0.05, 0) is 91.9 Å². The highest BCUT2D eigenvalue weighted by atomic mass is 19.1. The zero-order valence-corrected chi connectivity index (χ0v) is 19.2. The molecule has 2 aromatic carbocycles. The quantitative estimate of drug-likeness (QED) is 0.247. The molecular weight excluding hydrogens is 383 g/mol. The number of alkyl halides is 1. The van der Waals surface area contributed by atoms with Crippen molar-refractivity contribution in [2.75, 3.05) is 13.3 Å². The van der Waals surface area contributed by atoms with E-state index in [1.165, 1.54) is 60.8 Å². The van der Waals surface area contributed by atoms with Crippen molar-refractivity contribution in [1.29, 1.82) is 0 Å². The molecule has 0 heterocycles. The standard InChI is InChI=1S/C29H39FO/c1-2-22-31-23-27-15-19-29(20-16-27)28-17-13-26(14-18-28)12-11-25-9-7-24(8-10-25)6-4-3-5-21-30/h4,6,13-20,24-25H,2-3,5,7-12,21-23H2,1H3. The Morgan fingerprint density at radius 3 is 2.16 bits per heavy atom. The van der Waals surface area contributed by atoms with Crippen molar-refractivity contribution in [3.63, 3.8) is 0 Å². The molecule has 2 heteroatoms.